The number of sulfonamides is 1. The largest absolute Gasteiger partial charge is 0.453 e. The molecule has 0 aromatic heterocycles. The maximum absolute atomic E-state index is 13.7. The first-order valence-corrected chi connectivity index (χ1v) is 7.53. The molecule has 0 fully saturated rings. The van der Waals surface area contributed by atoms with Gasteiger partial charge in [0, 0.05) is 0 Å². The highest BCUT2D eigenvalue weighted by Crippen LogP contribution is 2.33. The van der Waals surface area contributed by atoms with Crippen LogP contribution < -0.4 is 9.88 Å². The lowest BCUT2D eigenvalue weighted by Gasteiger charge is -2.09. The maximum atomic E-state index is 13.7. The zero-order valence-corrected chi connectivity index (χ0v) is 12.1. The van der Waals surface area contributed by atoms with Crippen LogP contribution in [-0.2, 0) is 10.0 Å². The van der Waals surface area contributed by atoms with E-state index < -0.39 is 15.8 Å². The van der Waals surface area contributed by atoms with Gasteiger partial charge in [0.1, 0.15) is 5.75 Å². The van der Waals surface area contributed by atoms with E-state index in [4.69, 9.17) is 33.1 Å². The van der Waals surface area contributed by atoms with E-state index in [-0.39, 0.29) is 26.4 Å². The molecule has 0 amide bonds. The third kappa shape index (κ3) is 3.21. The van der Waals surface area contributed by atoms with Crippen LogP contribution in [0.5, 0.6) is 11.5 Å². The van der Waals surface area contributed by atoms with E-state index in [2.05, 4.69) is 0 Å². The summed E-state index contributed by atoms with van der Waals surface area (Å²) < 4.78 is 41.2. The molecule has 0 saturated heterocycles. The quantitative estimate of drug-likeness (QED) is 0.931. The minimum atomic E-state index is -3.87. The topological polar surface area (TPSA) is 69.4 Å². The molecule has 0 atom stereocenters. The fraction of sp³-hybridized carbons (Fsp3) is 0. The van der Waals surface area contributed by atoms with Crippen LogP contribution in [0.15, 0.2) is 41.3 Å². The zero-order chi connectivity index (χ0) is 14.9. The van der Waals surface area contributed by atoms with E-state index in [0.29, 0.717) is 0 Å². The molecule has 0 spiro atoms. The Morgan fingerprint density at radius 3 is 2.35 bits per heavy atom. The van der Waals surface area contributed by atoms with Crippen molar-refractivity contribution in [3.63, 3.8) is 0 Å². The van der Waals surface area contributed by atoms with Gasteiger partial charge in [0.2, 0.25) is 10.0 Å². The van der Waals surface area contributed by atoms with Crippen molar-refractivity contribution in [2.75, 3.05) is 0 Å². The summed E-state index contributed by atoms with van der Waals surface area (Å²) >= 11 is 11.5. The van der Waals surface area contributed by atoms with Gasteiger partial charge < -0.3 is 4.74 Å². The summed E-state index contributed by atoms with van der Waals surface area (Å²) in [5.41, 5.74) is 0. The molecule has 106 valence electrons. The predicted octanol–water partition coefficient (Wildman–Crippen LogP) is 3.57. The highest BCUT2D eigenvalue weighted by Gasteiger charge is 2.14. The highest BCUT2D eigenvalue weighted by atomic mass is 35.5. The van der Waals surface area contributed by atoms with E-state index in [9.17, 15) is 12.8 Å². The molecule has 0 radical (unpaired) electrons. The third-order valence-electron chi connectivity index (χ3n) is 2.37. The van der Waals surface area contributed by atoms with Crippen molar-refractivity contribution in [1.29, 1.82) is 0 Å². The third-order valence-corrected chi connectivity index (χ3v) is 3.87. The Morgan fingerprint density at radius 1 is 1.05 bits per heavy atom. The van der Waals surface area contributed by atoms with Crippen molar-refractivity contribution in [2.24, 2.45) is 5.14 Å². The fourth-order valence-electron chi connectivity index (χ4n) is 1.42. The second-order valence-electron chi connectivity index (χ2n) is 3.79. The number of rotatable bonds is 3. The first-order valence-electron chi connectivity index (χ1n) is 5.23. The summed E-state index contributed by atoms with van der Waals surface area (Å²) in [4.78, 5) is -0.165. The van der Waals surface area contributed by atoms with Gasteiger partial charge in [-0.05, 0) is 30.3 Å². The van der Waals surface area contributed by atoms with E-state index in [1.165, 1.54) is 30.3 Å². The van der Waals surface area contributed by atoms with Gasteiger partial charge in [-0.15, -0.1) is 0 Å². The molecule has 0 saturated carbocycles. The normalized spacial score (nSPS) is 11.4. The summed E-state index contributed by atoms with van der Waals surface area (Å²) in [6.45, 7) is 0. The SMILES string of the molecule is NS(=O)(=O)c1ccc(Oc2cccc(Cl)c2F)c(Cl)c1. The van der Waals surface area contributed by atoms with Gasteiger partial charge >= 0.3 is 0 Å². The molecule has 20 heavy (non-hydrogen) atoms. The smallest absolute Gasteiger partial charge is 0.238 e. The second-order valence-corrected chi connectivity index (χ2v) is 6.17. The van der Waals surface area contributed by atoms with Crippen LogP contribution in [0, 0.1) is 5.82 Å². The molecule has 4 nitrogen and oxygen atoms in total. The zero-order valence-electron chi connectivity index (χ0n) is 9.81. The van der Waals surface area contributed by atoms with Crippen molar-refractivity contribution in [3.05, 3.63) is 52.3 Å². The van der Waals surface area contributed by atoms with E-state index in [1.807, 2.05) is 0 Å². The van der Waals surface area contributed by atoms with Gasteiger partial charge in [0.15, 0.2) is 11.6 Å². The van der Waals surface area contributed by atoms with Crippen molar-refractivity contribution in [1.82, 2.24) is 0 Å². The predicted molar refractivity (Wildman–Crippen MR) is 74.3 cm³/mol. The molecule has 0 aliphatic heterocycles. The van der Waals surface area contributed by atoms with E-state index in [1.54, 1.807) is 0 Å². The first kappa shape index (κ1) is 15.1. The van der Waals surface area contributed by atoms with Crippen LogP contribution in [0.3, 0.4) is 0 Å². The van der Waals surface area contributed by atoms with Crippen molar-refractivity contribution in [2.45, 2.75) is 4.90 Å². The fourth-order valence-corrected chi connectivity index (χ4v) is 2.41. The molecule has 0 bridgehead atoms. The minimum absolute atomic E-state index is 0.0177. The molecule has 2 rings (SSSR count). The van der Waals surface area contributed by atoms with Gasteiger partial charge in [0.25, 0.3) is 0 Å². The van der Waals surface area contributed by atoms with Crippen LogP contribution in [0.1, 0.15) is 0 Å². The Labute approximate surface area is 124 Å². The van der Waals surface area contributed by atoms with Crippen LogP contribution in [0.25, 0.3) is 0 Å². The van der Waals surface area contributed by atoms with Crippen LogP contribution >= 0.6 is 23.2 Å². The summed E-state index contributed by atoms with van der Waals surface area (Å²) in [5, 5.41) is 4.85. The average Bonchev–Trinajstić information content (AvgIpc) is 2.36. The number of benzene rings is 2. The van der Waals surface area contributed by atoms with E-state index >= 15 is 0 Å². The molecule has 0 aliphatic carbocycles. The van der Waals surface area contributed by atoms with Gasteiger partial charge in [-0.25, -0.2) is 17.9 Å². The van der Waals surface area contributed by atoms with Crippen LogP contribution in [0.4, 0.5) is 4.39 Å². The monoisotopic (exact) mass is 335 g/mol. The van der Waals surface area contributed by atoms with Crippen molar-refractivity contribution in [3.8, 4) is 11.5 Å². The van der Waals surface area contributed by atoms with Gasteiger partial charge in [-0.1, -0.05) is 29.3 Å². The molecule has 2 N–H and O–H groups in total. The molecule has 8 heteroatoms. The van der Waals surface area contributed by atoms with Crippen molar-refractivity contribution < 1.29 is 17.5 Å². The molecule has 0 heterocycles. The lowest BCUT2D eigenvalue weighted by atomic mass is 10.3. The van der Waals surface area contributed by atoms with Gasteiger partial charge in [-0.3, -0.25) is 0 Å². The lowest BCUT2D eigenvalue weighted by Crippen LogP contribution is -2.11. The van der Waals surface area contributed by atoms with Crippen LogP contribution in [0.2, 0.25) is 10.0 Å². The molecule has 2 aromatic rings. The summed E-state index contributed by atoms with van der Waals surface area (Å²) in [5.74, 6) is -0.774. The molecular weight excluding hydrogens is 328 g/mol. The number of hydrogen-bond acceptors (Lipinski definition) is 3. The number of nitrogens with two attached hydrogens (primary N) is 1. The number of halogens is 3. The minimum Gasteiger partial charge on any atom is -0.453 e. The standard InChI is InChI=1S/C12H8Cl2FNO3S/c13-8-2-1-3-11(12(8)15)19-10-5-4-7(6-9(10)14)20(16,17)18/h1-6H,(H2,16,17,18). The van der Waals surface area contributed by atoms with Gasteiger partial charge in [-0.2, -0.15) is 0 Å². The summed E-state index contributed by atoms with van der Waals surface area (Å²) in [7, 11) is -3.87. The van der Waals surface area contributed by atoms with E-state index in [0.717, 1.165) is 6.07 Å². The number of ether oxygens (including phenoxy) is 1. The average molecular weight is 336 g/mol. The van der Waals surface area contributed by atoms with Crippen LogP contribution in [-0.4, -0.2) is 8.42 Å². The second kappa shape index (κ2) is 5.57. The molecular formula is C12H8Cl2FNO3S. The Bertz CT molecular complexity index is 765. The number of hydrogen-bond donors (Lipinski definition) is 1. The Hall–Kier alpha value is -1.34. The van der Waals surface area contributed by atoms with Gasteiger partial charge in [0.05, 0.1) is 14.9 Å². The Morgan fingerprint density at radius 2 is 1.75 bits per heavy atom. The molecule has 0 aliphatic rings. The number of primary sulfonamides is 1. The highest BCUT2D eigenvalue weighted by molar-refractivity contribution is 7.89. The first-order chi connectivity index (χ1) is 9.29. The molecule has 0 unspecified atom stereocenters. The van der Waals surface area contributed by atoms with Crippen molar-refractivity contribution >= 4 is 33.2 Å². The maximum Gasteiger partial charge on any atom is 0.238 e. The Kier molecular flexibility index (Phi) is 4.19. The molecule has 2 aromatic carbocycles. The lowest BCUT2D eigenvalue weighted by molar-refractivity contribution is 0.442. The Balaban J connectivity index is 2.38. The summed E-state index contributed by atoms with van der Waals surface area (Å²) in [6.07, 6.45) is 0. The summed E-state index contributed by atoms with van der Waals surface area (Å²) in [6, 6.07) is 7.85.